The van der Waals surface area contributed by atoms with Gasteiger partial charge in [-0.05, 0) is 0 Å². The summed E-state index contributed by atoms with van der Waals surface area (Å²) >= 11 is 4.93. The van der Waals surface area contributed by atoms with Gasteiger partial charge in [0.2, 0.25) is 0 Å². The number of hydrogen-bond acceptors (Lipinski definition) is 2. The maximum atomic E-state index is 2.49. The van der Waals surface area contributed by atoms with E-state index in [0.717, 1.165) is 25.0 Å². The van der Waals surface area contributed by atoms with Crippen molar-refractivity contribution in [3.63, 3.8) is 0 Å². The molecule has 2 atom stereocenters. The van der Waals surface area contributed by atoms with E-state index in [0.29, 0.717) is 0 Å². The van der Waals surface area contributed by atoms with Crippen molar-refractivity contribution < 1.29 is 0 Å². The third-order valence-electron chi connectivity index (χ3n) is 2.00. The Hall–Kier alpha value is 0.699. The molecule has 0 aromatic carbocycles. The Bertz CT molecular complexity index is 247. The first-order chi connectivity index (χ1) is 5.43. The summed E-state index contributed by atoms with van der Waals surface area (Å²) in [6.07, 6.45) is 0. The van der Waals surface area contributed by atoms with Crippen molar-refractivity contribution in [3.8, 4) is 0 Å². The summed E-state index contributed by atoms with van der Waals surface area (Å²) in [5, 5.41) is 1.84. The molecular weight excluding hydrogens is 239 g/mol. The Morgan fingerprint density at radius 2 is 2.00 bits per heavy atom. The Morgan fingerprint density at radius 3 is 2.64 bits per heavy atom. The van der Waals surface area contributed by atoms with Crippen molar-refractivity contribution in [2.75, 3.05) is 11.5 Å². The van der Waals surface area contributed by atoms with E-state index in [-0.39, 0.29) is 0 Å². The zero-order chi connectivity index (χ0) is 7.26. The van der Waals surface area contributed by atoms with Gasteiger partial charge in [0.25, 0.3) is 0 Å². The van der Waals surface area contributed by atoms with Gasteiger partial charge in [-0.15, -0.1) is 0 Å². The van der Waals surface area contributed by atoms with E-state index in [1.165, 1.54) is 11.5 Å². The van der Waals surface area contributed by atoms with Crippen molar-refractivity contribution in [3.05, 3.63) is 21.0 Å². The second-order valence-corrected chi connectivity index (χ2v) is 7.38. The summed E-state index contributed by atoms with van der Waals surface area (Å²) in [6, 6.07) is 2.48. The Balaban J connectivity index is 1.88. The van der Waals surface area contributed by atoms with Crippen LogP contribution in [0.3, 0.4) is 0 Å². The third kappa shape index (κ3) is 1.44. The number of thioether (sulfide) groups is 2. The van der Waals surface area contributed by atoms with Gasteiger partial charge in [0.15, 0.2) is 0 Å². The molecule has 0 spiro atoms. The molecule has 3 heteroatoms. The summed E-state index contributed by atoms with van der Waals surface area (Å²) in [5.41, 5.74) is 1.65. The van der Waals surface area contributed by atoms with Gasteiger partial charge >= 0.3 is 81.0 Å². The predicted molar refractivity (Wildman–Crippen MR) is 53.8 cm³/mol. The van der Waals surface area contributed by atoms with Crippen molar-refractivity contribution in [1.82, 2.24) is 0 Å². The molecule has 3 heterocycles. The van der Waals surface area contributed by atoms with E-state index in [1.807, 2.05) is 0 Å². The van der Waals surface area contributed by atoms with E-state index >= 15 is 0 Å². The molecule has 0 aliphatic carbocycles. The van der Waals surface area contributed by atoms with Crippen LogP contribution < -0.4 is 0 Å². The van der Waals surface area contributed by atoms with Gasteiger partial charge in [-0.1, -0.05) is 0 Å². The summed E-state index contributed by atoms with van der Waals surface area (Å²) in [6.45, 7) is 0. The summed E-state index contributed by atoms with van der Waals surface area (Å²) < 4.78 is 1.75. The van der Waals surface area contributed by atoms with Crippen LogP contribution in [0.25, 0.3) is 0 Å². The summed E-state index contributed by atoms with van der Waals surface area (Å²) in [4.78, 5) is 2.49. The minimum atomic E-state index is 0.729. The molecule has 1 aromatic rings. The van der Waals surface area contributed by atoms with Crippen LogP contribution in [0.4, 0.5) is 0 Å². The molecule has 58 valence electrons. The molecule has 2 unspecified atom stereocenters. The fourth-order valence-electron chi connectivity index (χ4n) is 1.16. The predicted octanol–water partition coefficient (Wildman–Crippen LogP) is 2.32. The van der Waals surface area contributed by atoms with Gasteiger partial charge in [-0.3, -0.25) is 0 Å². The number of rotatable bonds is 2. The van der Waals surface area contributed by atoms with Crippen LogP contribution in [0.1, 0.15) is 20.5 Å². The second kappa shape index (κ2) is 2.59. The van der Waals surface area contributed by atoms with E-state index in [1.54, 1.807) is 10.0 Å². The zero-order valence-electron chi connectivity index (χ0n) is 5.95. The van der Waals surface area contributed by atoms with Crippen molar-refractivity contribution in [1.29, 1.82) is 0 Å². The fraction of sp³-hybridized carbons (Fsp3) is 0.500. The molecule has 2 fully saturated rings. The van der Waals surface area contributed by atoms with E-state index in [4.69, 9.17) is 0 Å². The van der Waals surface area contributed by atoms with Gasteiger partial charge in [-0.2, -0.15) is 0 Å². The monoisotopic (exact) mass is 248 g/mol. The van der Waals surface area contributed by atoms with Crippen molar-refractivity contribution >= 4 is 38.0 Å². The first kappa shape index (κ1) is 7.14. The summed E-state index contributed by atoms with van der Waals surface area (Å²) in [7, 11) is 0. The van der Waals surface area contributed by atoms with Gasteiger partial charge < -0.3 is 0 Å². The fourth-order valence-corrected chi connectivity index (χ4v) is 5.41. The van der Waals surface area contributed by atoms with Crippen LogP contribution in [0.15, 0.2) is 11.0 Å². The standard InChI is InChI=1S/C8H8S2Se/c1-5(6-2-9-6)4-11-8(1)7-3-10-7/h1,4,6-7H,2-3H2. The first-order valence-electron chi connectivity index (χ1n) is 3.75. The molecule has 2 aliphatic rings. The Kier molecular flexibility index (Phi) is 1.68. The molecule has 2 saturated heterocycles. The molecule has 11 heavy (non-hydrogen) atoms. The van der Waals surface area contributed by atoms with Gasteiger partial charge in [0, 0.05) is 0 Å². The molecule has 1 aromatic heterocycles. The van der Waals surface area contributed by atoms with Crippen molar-refractivity contribution in [2.45, 2.75) is 10.5 Å². The maximum absolute atomic E-state index is 2.49. The SMILES string of the molecule is c1[se]c(C2CS2)cc1C1CS1. The average Bonchev–Trinajstić information content (AvgIpc) is 2.90. The van der Waals surface area contributed by atoms with E-state index in [9.17, 15) is 0 Å². The quantitative estimate of drug-likeness (QED) is 0.581. The van der Waals surface area contributed by atoms with Crippen LogP contribution in [-0.2, 0) is 0 Å². The van der Waals surface area contributed by atoms with E-state index in [2.05, 4.69) is 34.5 Å². The Morgan fingerprint density at radius 1 is 1.27 bits per heavy atom. The molecule has 0 N–H and O–H groups in total. The Labute approximate surface area is 80.9 Å². The molecule has 3 rings (SSSR count). The van der Waals surface area contributed by atoms with Crippen LogP contribution in [-0.4, -0.2) is 26.0 Å². The average molecular weight is 247 g/mol. The topological polar surface area (TPSA) is 0 Å². The molecular formula is C8H8S2Se. The normalized spacial score (nSPS) is 33.8. The first-order valence-corrected chi connectivity index (χ1v) is 7.69. The van der Waals surface area contributed by atoms with Crippen molar-refractivity contribution in [2.24, 2.45) is 0 Å². The molecule has 0 radical (unpaired) electrons. The van der Waals surface area contributed by atoms with Crippen LogP contribution >= 0.6 is 23.5 Å². The van der Waals surface area contributed by atoms with Crippen LogP contribution in [0.5, 0.6) is 0 Å². The van der Waals surface area contributed by atoms with Crippen LogP contribution in [0.2, 0.25) is 0 Å². The second-order valence-electron chi connectivity index (χ2n) is 2.93. The zero-order valence-corrected chi connectivity index (χ0v) is 9.29. The van der Waals surface area contributed by atoms with Crippen LogP contribution in [0, 0.1) is 0 Å². The summed E-state index contributed by atoms with van der Waals surface area (Å²) in [5.74, 6) is 2.77. The number of hydrogen-bond donors (Lipinski definition) is 0. The molecule has 0 bridgehead atoms. The third-order valence-corrected chi connectivity index (χ3v) is 6.43. The van der Waals surface area contributed by atoms with Gasteiger partial charge in [-0.25, -0.2) is 0 Å². The molecule has 2 aliphatic heterocycles. The van der Waals surface area contributed by atoms with E-state index < -0.39 is 0 Å². The van der Waals surface area contributed by atoms with Gasteiger partial charge in [0.1, 0.15) is 0 Å². The minimum absolute atomic E-state index is 0.729. The molecule has 0 nitrogen and oxygen atoms in total. The molecule has 0 saturated carbocycles. The van der Waals surface area contributed by atoms with Gasteiger partial charge in [0.05, 0.1) is 0 Å². The molecule has 0 amide bonds.